The number of ether oxygens (including phenoxy) is 2. The topological polar surface area (TPSA) is 120 Å². The van der Waals surface area contributed by atoms with E-state index in [1.54, 1.807) is 30.3 Å². The third-order valence-corrected chi connectivity index (χ3v) is 7.06. The Balaban J connectivity index is 1.86. The molecular weight excluding hydrogens is 610 g/mol. The number of amides is 1. The highest BCUT2D eigenvalue weighted by atomic mass is 127. The summed E-state index contributed by atoms with van der Waals surface area (Å²) in [5.41, 5.74) is 1.94. The second kappa shape index (κ2) is 13.1. The van der Waals surface area contributed by atoms with E-state index in [1.165, 1.54) is 7.11 Å². The van der Waals surface area contributed by atoms with E-state index in [9.17, 15) is 15.0 Å². The van der Waals surface area contributed by atoms with Gasteiger partial charge < -0.3 is 35.4 Å². The summed E-state index contributed by atoms with van der Waals surface area (Å²) in [5.74, 6) is 0.447. The molecule has 11 heteroatoms. The zero-order valence-corrected chi connectivity index (χ0v) is 22.6. The molecule has 1 amide bonds. The van der Waals surface area contributed by atoms with Crippen molar-refractivity contribution in [3.8, 4) is 11.5 Å². The fourth-order valence-electron chi connectivity index (χ4n) is 3.71. The molecule has 0 aliphatic heterocycles. The average molecular weight is 637 g/mol. The summed E-state index contributed by atoms with van der Waals surface area (Å²) in [4.78, 5) is 12.7. The molecule has 0 saturated heterocycles. The Morgan fingerprint density at radius 2 is 1.94 bits per heavy atom. The van der Waals surface area contributed by atoms with Crippen LogP contribution in [0.2, 0.25) is 10.0 Å². The van der Waals surface area contributed by atoms with Gasteiger partial charge in [0.2, 0.25) is 5.91 Å². The number of aliphatic hydroxyl groups is 3. The molecule has 3 rings (SSSR count). The van der Waals surface area contributed by atoms with Crippen LogP contribution in [0.25, 0.3) is 0 Å². The van der Waals surface area contributed by atoms with E-state index in [2.05, 4.69) is 33.2 Å². The van der Waals surface area contributed by atoms with Gasteiger partial charge in [0.1, 0.15) is 12.2 Å². The van der Waals surface area contributed by atoms with Crippen molar-refractivity contribution in [2.45, 2.75) is 37.8 Å². The Kier molecular flexibility index (Phi) is 10.5. The molecule has 0 saturated carbocycles. The molecule has 1 aliphatic rings. The summed E-state index contributed by atoms with van der Waals surface area (Å²) >= 11 is 14.2. The Labute approximate surface area is 227 Å². The van der Waals surface area contributed by atoms with Crippen molar-refractivity contribution in [2.75, 3.05) is 20.3 Å². The van der Waals surface area contributed by atoms with Gasteiger partial charge in [0.15, 0.2) is 11.5 Å². The first kappa shape index (κ1) is 28.0. The lowest BCUT2D eigenvalue weighted by molar-refractivity contribution is -0.118. The maximum absolute atomic E-state index is 12.7. The average Bonchev–Trinajstić information content (AvgIpc) is 2.85. The highest BCUT2D eigenvalue weighted by Crippen LogP contribution is 2.36. The standard InChI is InChI=1S/C24H27Cl2IN2O6/c1-34-21-8-14(12-31)7-18(27)23(21)35-20-10-15(24(33)28-4-5-30)9-19(22(20)32)29-11-13-2-3-16(25)17(26)6-13/h2-3,6-8,10,19-20,22,29-32H,4-5,9,11-12H2,1H3,(H,28,33)/t19-,20+,22+/m1/s1. The van der Waals surface area contributed by atoms with Crippen molar-refractivity contribution in [3.05, 3.63) is 66.7 Å². The lowest BCUT2D eigenvalue weighted by atomic mass is 9.89. The van der Waals surface area contributed by atoms with Crippen LogP contribution in [0.3, 0.4) is 0 Å². The van der Waals surface area contributed by atoms with Gasteiger partial charge in [-0.2, -0.15) is 0 Å². The van der Waals surface area contributed by atoms with Crippen LogP contribution >= 0.6 is 45.8 Å². The van der Waals surface area contributed by atoms with Gasteiger partial charge >= 0.3 is 0 Å². The number of hydrogen-bond acceptors (Lipinski definition) is 7. The van der Waals surface area contributed by atoms with Crippen LogP contribution < -0.4 is 20.1 Å². The van der Waals surface area contributed by atoms with Gasteiger partial charge in [0.25, 0.3) is 0 Å². The predicted octanol–water partition coefficient (Wildman–Crippen LogP) is 2.80. The number of halogens is 3. The molecular formula is C24H27Cl2IN2O6. The SMILES string of the molecule is COc1cc(CO)cc(I)c1O[C@H]1C=C(C(=O)NCCO)C[C@@H](NCc2ccc(Cl)c(Cl)c2)[C@@H]1O. The molecule has 190 valence electrons. The van der Waals surface area contributed by atoms with Crippen LogP contribution in [-0.4, -0.2) is 59.7 Å². The molecule has 0 radical (unpaired) electrons. The van der Waals surface area contributed by atoms with Gasteiger partial charge in [-0.05, 0) is 70.5 Å². The zero-order chi connectivity index (χ0) is 25.5. The van der Waals surface area contributed by atoms with Crippen molar-refractivity contribution in [3.63, 3.8) is 0 Å². The summed E-state index contributed by atoms with van der Waals surface area (Å²) in [7, 11) is 1.49. The van der Waals surface area contributed by atoms with Gasteiger partial charge in [-0.25, -0.2) is 0 Å². The van der Waals surface area contributed by atoms with Crippen LogP contribution in [0.15, 0.2) is 42.0 Å². The zero-order valence-electron chi connectivity index (χ0n) is 18.9. The normalized spacial score (nSPS) is 19.7. The van der Waals surface area contributed by atoms with Gasteiger partial charge in [-0.15, -0.1) is 0 Å². The molecule has 0 unspecified atom stereocenters. The Morgan fingerprint density at radius 1 is 1.17 bits per heavy atom. The summed E-state index contributed by atoms with van der Waals surface area (Å²) in [6.45, 7) is 0.143. The molecule has 5 N–H and O–H groups in total. The molecule has 0 heterocycles. The minimum atomic E-state index is -0.995. The molecule has 0 bridgehead atoms. The van der Waals surface area contributed by atoms with E-state index in [-0.39, 0.29) is 32.1 Å². The number of carbonyl (C=O) groups excluding carboxylic acids is 1. The quantitative estimate of drug-likeness (QED) is 0.255. The van der Waals surface area contributed by atoms with Crippen LogP contribution in [0.5, 0.6) is 11.5 Å². The number of methoxy groups -OCH3 is 1. The maximum Gasteiger partial charge on any atom is 0.247 e. The molecule has 2 aromatic carbocycles. The fourth-order valence-corrected chi connectivity index (χ4v) is 4.83. The summed E-state index contributed by atoms with van der Waals surface area (Å²) in [6, 6.07) is 8.15. The Morgan fingerprint density at radius 3 is 2.60 bits per heavy atom. The predicted molar refractivity (Wildman–Crippen MR) is 142 cm³/mol. The molecule has 3 atom stereocenters. The first-order valence-corrected chi connectivity index (χ1v) is 12.7. The van der Waals surface area contributed by atoms with Crippen LogP contribution in [-0.2, 0) is 17.9 Å². The van der Waals surface area contributed by atoms with Crippen LogP contribution in [0, 0.1) is 3.57 Å². The smallest absolute Gasteiger partial charge is 0.247 e. The van der Waals surface area contributed by atoms with Gasteiger partial charge in [0, 0.05) is 24.7 Å². The Bertz CT molecular complexity index is 1080. The molecule has 1 aliphatic carbocycles. The van der Waals surface area contributed by atoms with Crippen LogP contribution in [0.4, 0.5) is 0 Å². The monoisotopic (exact) mass is 636 g/mol. The number of carbonyl (C=O) groups is 1. The van der Waals surface area contributed by atoms with Gasteiger partial charge in [-0.1, -0.05) is 29.3 Å². The second-order valence-corrected chi connectivity index (χ2v) is 9.93. The van der Waals surface area contributed by atoms with E-state index in [1.807, 2.05) is 6.07 Å². The van der Waals surface area contributed by atoms with Crippen LogP contribution in [0.1, 0.15) is 17.5 Å². The summed E-state index contributed by atoms with van der Waals surface area (Å²) in [6.07, 6.45) is -0.0286. The lowest BCUT2D eigenvalue weighted by Gasteiger charge is -2.34. The van der Waals surface area contributed by atoms with E-state index in [4.69, 9.17) is 37.8 Å². The Hall–Kier alpha value is -1.60. The highest BCUT2D eigenvalue weighted by molar-refractivity contribution is 14.1. The number of hydrogen-bond donors (Lipinski definition) is 5. The third kappa shape index (κ3) is 7.22. The summed E-state index contributed by atoms with van der Waals surface area (Å²) in [5, 5.41) is 36.5. The fraction of sp³-hybridized carbons (Fsp3) is 0.375. The molecule has 0 aromatic heterocycles. The number of rotatable bonds is 10. The largest absolute Gasteiger partial charge is 0.493 e. The van der Waals surface area contributed by atoms with Crippen molar-refractivity contribution < 1.29 is 29.6 Å². The van der Waals surface area contributed by atoms with Gasteiger partial charge in [-0.3, -0.25) is 4.79 Å². The molecule has 0 spiro atoms. The molecule has 2 aromatic rings. The first-order chi connectivity index (χ1) is 16.8. The second-order valence-electron chi connectivity index (χ2n) is 7.95. The van der Waals surface area contributed by atoms with Crippen molar-refractivity contribution in [2.24, 2.45) is 0 Å². The van der Waals surface area contributed by atoms with E-state index >= 15 is 0 Å². The summed E-state index contributed by atoms with van der Waals surface area (Å²) < 4.78 is 12.3. The number of benzene rings is 2. The number of aliphatic hydroxyl groups excluding tert-OH is 3. The third-order valence-electron chi connectivity index (χ3n) is 5.52. The van der Waals surface area contributed by atoms with Crippen molar-refractivity contribution >= 4 is 51.7 Å². The highest BCUT2D eigenvalue weighted by Gasteiger charge is 2.36. The minimum Gasteiger partial charge on any atom is -0.493 e. The van der Waals surface area contributed by atoms with E-state index in [0.29, 0.717) is 42.8 Å². The van der Waals surface area contributed by atoms with Crippen molar-refractivity contribution in [1.29, 1.82) is 0 Å². The maximum atomic E-state index is 12.7. The van der Waals surface area contributed by atoms with Crippen molar-refractivity contribution in [1.82, 2.24) is 10.6 Å². The molecule has 35 heavy (non-hydrogen) atoms. The van der Waals surface area contributed by atoms with Gasteiger partial charge in [0.05, 0.1) is 33.9 Å². The molecule has 0 fully saturated rings. The van der Waals surface area contributed by atoms with E-state index < -0.39 is 18.2 Å². The number of nitrogens with one attached hydrogen (secondary N) is 2. The molecule has 8 nitrogen and oxygen atoms in total. The first-order valence-electron chi connectivity index (χ1n) is 10.9. The lowest BCUT2D eigenvalue weighted by Crippen LogP contribution is -2.51. The van der Waals surface area contributed by atoms with E-state index in [0.717, 1.165) is 5.56 Å². The minimum absolute atomic E-state index is 0.111.